The summed E-state index contributed by atoms with van der Waals surface area (Å²) in [6, 6.07) is 15.6. The van der Waals surface area contributed by atoms with Gasteiger partial charge in [0.1, 0.15) is 5.75 Å². The van der Waals surface area contributed by atoms with Crippen molar-refractivity contribution in [2.45, 2.75) is 38.5 Å². The van der Waals surface area contributed by atoms with Crippen molar-refractivity contribution in [1.29, 1.82) is 0 Å². The van der Waals surface area contributed by atoms with Crippen LogP contribution < -0.4 is 10.1 Å². The average molecular weight is 407 g/mol. The first kappa shape index (κ1) is 20.0. The Bertz CT molecular complexity index is 762. The monoisotopic (exact) mass is 406 g/mol. The molecule has 1 heterocycles. The summed E-state index contributed by atoms with van der Waals surface area (Å²) < 4.78 is 5.69. The lowest BCUT2D eigenvalue weighted by Gasteiger charge is -2.32. The Kier molecular flexibility index (Phi) is 7.00. The number of nitrogens with zero attached hydrogens (tertiary/aromatic N) is 1. The molecule has 0 aromatic heterocycles. The summed E-state index contributed by atoms with van der Waals surface area (Å²) in [5, 5.41) is 3.97. The van der Waals surface area contributed by atoms with Gasteiger partial charge < -0.3 is 10.1 Å². The van der Waals surface area contributed by atoms with E-state index >= 15 is 0 Å². The van der Waals surface area contributed by atoms with Gasteiger partial charge in [0.05, 0.1) is 10.0 Å². The van der Waals surface area contributed by atoms with Crippen LogP contribution in [0.3, 0.4) is 0 Å². The van der Waals surface area contributed by atoms with E-state index in [9.17, 15) is 4.79 Å². The zero-order valence-corrected chi connectivity index (χ0v) is 16.8. The van der Waals surface area contributed by atoms with Crippen LogP contribution in [0.25, 0.3) is 0 Å². The molecular formula is C21H24Cl2N2O2. The van der Waals surface area contributed by atoms with Crippen LogP contribution in [0.15, 0.2) is 48.5 Å². The van der Waals surface area contributed by atoms with Crippen LogP contribution in [0.2, 0.25) is 10.0 Å². The molecule has 3 rings (SSSR count). The third kappa shape index (κ3) is 5.86. The van der Waals surface area contributed by atoms with E-state index in [2.05, 4.69) is 34.5 Å². The fourth-order valence-corrected chi connectivity index (χ4v) is 3.49. The average Bonchev–Trinajstić information content (AvgIpc) is 2.67. The highest BCUT2D eigenvalue weighted by atomic mass is 35.5. The van der Waals surface area contributed by atoms with Gasteiger partial charge in [-0.25, -0.2) is 0 Å². The van der Waals surface area contributed by atoms with Gasteiger partial charge in [-0.3, -0.25) is 9.69 Å². The number of carbonyl (C=O) groups excluding carboxylic acids is 1. The molecule has 1 aliphatic rings. The number of amides is 1. The lowest BCUT2D eigenvalue weighted by molar-refractivity contribution is -0.128. The van der Waals surface area contributed by atoms with E-state index in [1.165, 1.54) is 5.56 Å². The van der Waals surface area contributed by atoms with Gasteiger partial charge in [0.2, 0.25) is 0 Å². The maximum Gasteiger partial charge on any atom is 0.260 e. The zero-order chi connectivity index (χ0) is 19.2. The van der Waals surface area contributed by atoms with Crippen molar-refractivity contribution in [3.63, 3.8) is 0 Å². The van der Waals surface area contributed by atoms with Crippen molar-refractivity contribution in [3.8, 4) is 5.75 Å². The minimum absolute atomic E-state index is 0.109. The van der Waals surface area contributed by atoms with E-state index in [0.29, 0.717) is 15.8 Å². The SMILES string of the molecule is CC(Oc1ccc(Cl)c(Cl)c1)C(=O)NC1CCN(Cc2ccccc2)CC1. The first-order valence-corrected chi connectivity index (χ1v) is 9.95. The summed E-state index contributed by atoms with van der Waals surface area (Å²) in [7, 11) is 0. The van der Waals surface area contributed by atoms with Gasteiger partial charge in [-0.2, -0.15) is 0 Å². The molecular weight excluding hydrogens is 383 g/mol. The smallest absolute Gasteiger partial charge is 0.260 e. The van der Waals surface area contributed by atoms with E-state index in [-0.39, 0.29) is 11.9 Å². The van der Waals surface area contributed by atoms with Crippen molar-refractivity contribution in [3.05, 3.63) is 64.1 Å². The molecule has 1 N–H and O–H groups in total. The minimum atomic E-state index is -0.593. The molecule has 0 spiro atoms. The topological polar surface area (TPSA) is 41.6 Å². The molecule has 1 aliphatic heterocycles. The lowest BCUT2D eigenvalue weighted by Crippen LogP contribution is -2.47. The van der Waals surface area contributed by atoms with E-state index in [4.69, 9.17) is 27.9 Å². The van der Waals surface area contributed by atoms with Crippen molar-refractivity contribution < 1.29 is 9.53 Å². The molecule has 0 radical (unpaired) electrons. The maximum absolute atomic E-state index is 12.4. The Labute approximate surface area is 170 Å². The van der Waals surface area contributed by atoms with Gasteiger partial charge in [-0.15, -0.1) is 0 Å². The van der Waals surface area contributed by atoms with Crippen LogP contribution in [0.4, 0.5) is 0 Å². The van der Waals surface area contributed by atoms with Crippen molar-refractivity contribution in [2.24, 2.45) is 0 Å². The van der Waals surface area contributed by atoms with Gasteiger partial charge in [0, 0.05) is 31.7 Å². The largest absolute Gasteiger partial charge is 0.481 e. The molecule has 0 bridgehead atoms. The standard InChI is InChI=1S/C21H24Cl2N2O2/c1-15(27-18-7-8-19(22)20(23)13-18)21(26)24-17-9-11-25(12-10-17)14-16-5-3-2-4-6-16/h2-8,13,15,17H,9-12,14H2,1H3,(H,24,26). The molecule has 0 saturated carbocycles. The number of halogens is 2. The summed E-state index contributed by atoms with van der Waals surface area (Å²) in [4.78, 5) is 14.9. The summed E-state index contributed by atoms with van der Waals surface area (Å²) in [5.74, 6) is 0.423. The van der Waals surface area contributed by atoms with Crippen molar-refractivity contribution >= 4 is 29.1 Å². The van der Waals surface area contributed by atoms with Gasteiger partial charge in [-0.1, -0.05) is 53.5 Å². The second-order valence-electron chi connectivity index (χ2n) is 6.88. The normalized spacial score (nSPS) is 16.7. The molecule has 1 unspecified atom stereocenters. The number of hydrogen-bond donors (Lipinski definition) is 1. The molecule has 2 aromatic carbocycles. The summed E-state index contributed by atoms with van der Waals surface area (Å²) in [6.07, 6.45) is 1.29. The summed E-state index contributed by atoms with van der Waals surface area (Å²) in [5.41, 5.74) is 1.32. The van der Waals surface area contributed by atoms with Crippen LogP contribution in [0.1, 0.15) is 25.3 Å². The third-order valence-corrected chi connectivity index (χ3v) is 5.50. The Morgan fingerprint density at radius 1 is 1.15 bits per heavy atom. The van der Waals surface area contributed by atoms with Gasteiger partial charge >= 0.3 is 0 Å². The first-order valence-electron chi connectivity index (χ1n) is 9.19. The second-order valence-corrected chi connectivity index (χ2v) is 7.70. The van der Waals surface area contributed by atoms with Gasteiger partial charge in [0.15, 0.2) is 6.10 Å². The number of nitrogens with one attached hydrogen (secondary N) is 1. The van der Waals surface area contributed by atoms with Gasteiger partial charge in [0.25, 0.3) is 5.91 Å². The molecule has 1 saturated heterocycles. The van der Waals surface area contributed by atoms with Crippen LogP contribution in [0.5, 0.6) is 5.75 Å². The molecule has 1 amide bonds. The highest BCUT2D eigenvalue weighted by molar-refractivity contribution is 6.42. The molecule has 4 nitrogen and oxygen atoms in total. The minimum Gasteiger partial charge on any atom is -0.481 e. The quantitative estimate of drug-likeness (QED) is 0.765. The Morgan fingerprint density at radius 3 is 2.52 bits per heavy atom. The number of likely N-dealkylation sites (tertiary alicyclic amines) is 1. The van der Waals surface area contributed by atoms with Crippen LogP contribution in [-0.2, 0) is 11.3 Å². The maximum atomic E-state index is 12.4. The number of ether oxygens (including phenoxy) is 1. The fraction of sp³-hybridized carbons (Fsp3) is 0.381. The number of rotatable bonds is 6. The fourth-order valence-electron chi connectivity index (χ4n) is 3.20. The van der Waals surface area contributed by atoms with Crippen LogP contribution >= 0.6 is 23.2 Å². The molecule has 6 heteroatoms. The molecule has 1 atom stereocenters. The van der Waals surface area contributed by atoms with Crippen molar-refractivity contribution in [1.82, 2.24) is 10.2 Å². The molecule has 2 aromatic rings. The Balaban J connectivity index is 1.43. The highest BCUT2D eigenvalue weighted by Gasteiger charge is 2.23. The van der Waals surface area contributed by atoms with E-state index in [1.54, 1.807) is 25.1 Å². The summed E-state index contributed by atoms with van der Waals surface area (Å²) >= 11 is 11.9. The van der Waals surface area contributed by atoms with Crippen LogP contribution in [0, 0.1) is 0 Å². The Morgan fingerprint density at radius 2 is 1.85 bits per heavy atom. The number of piperidine rings is 1. The predicted octanol–water partition coefficient (Wildman–Crippen LogP) is 4.54. The first-order chi connectivity index (χ1) is 13.0. The lowest BCUT2D eigenvalue weighted by atomic mass is 10.0. The van der Waals surface area contributed by atoms with E-state index < -0.39 is 6.10 Å². The molecule has 144 valence electrons. The van der Waals surface area contributed by atoms with Gasteiger partial charge in [-0.05, 0) is 37.5 Å². The van der Waals surface area contributed by atoms with E-state index in [0.717, 1.165) is 32.5 Å². The molecule has 27 heavy (non-hydrogen) atoms. The third-order valence-electron chi connectivity index (χ3n) is 4.76. The number of carbonyl (C=O) groups is 1. The number of benzene rings is 2. The predicted molar refractivity (Wildman–Crippen MR) is 109 cm³/mol. The number of hydrogen-bond acceptors (Lipinski definition) is 3. The highest BCUT2D eigenvalue weighted by Crippen LogP contribution is 2.27. The van der Waals surface area contributed by atoms with Crippen molar-refractivity contribution in [2.75, 3.05) is 13.1 Å². The summed E-state index contributed by atoms with van der Waals surface area (Å²) in [6.45, 7) is 4.64. The molecule has 1 fully saturated rings. The van der Waals surface area contributed by atoms with E-state index in [1.807, 2.05) is 6.07 Å². The Hall–Kier alpha value is -1.75. The molecule has 0 aliphatic carbocycles. The van der Waals surface area contributed by atoms with Crippen LogP contribution in [-0.4, -0.2) is 36.0 Å². The zero-order valence-electron chi connectivity index (χ0n) is 15.3. The second kappa shape index (κ2) is 9.45.